The van der Waals surface area contributed by atoms with Crippen molar-refractivity contribution in [3.05, 3.63) is 12.3 Å². The number of aromatic nitrogens is 2. The van der Waals surface area contributed by atoms with Gasteiger partial charge in [0.05, 0.1) is 6.20 Å². The third kappa shape index (κ3) is 4.43. The lowest BCUT2D eigenvalue weighted by Gasteiger charge is -2.16. The summed E-state index contributed by atoms with van der Waals surface area (Å²) in [5, 5.41) is 9.41. The second-order valence-corrected chi connectivity index (χ2v) is 4.07. The molecule has 0 unspecified atom stereocenters. The van der Waals surface area contributed by atoms with Crippen molar-refractivity contribution in [3.63, 3.8) is 0 Å². The monoisotopic (exact) mass is 243 g/mol. The minimum absolute atomic E-state index is 0.142. The van der Waals surface area contributed by atoms with Crippen molar-refractivity contribution in [3.8, 4) is 0 Å². The molecule has 2 amide bonds. The van der Waals surface area contributed by atoms with Crippen LogP contribution in [0.2, 0.25) is 0 Å². The maximum absolute atomic E-state index is 11.0. The number of urea groups is 1. The van der Waals surface area contributed by atoms with Crippen LogP contribution in [0.4, 0.5) is 10.6 Å². The van der Waals surface area contributed by atoms with Crippen molar-refractivity contribution in [2.75, 3.05) is 30.8 Å². The van der Waals surface area contributed by atoms with Crippen LogP contribution in [0.1, 0.15) is 6.92 Å². The largest absolute Gasteiger partial charge is 0.359 e. The molecule has 0 saturated heterocycles. The number of H-pyrrole nitrogens is 1. The van der Waals surface area contributed by atoms with Crippen LogP contribution in [-0.2, 0) is 0 Å². The zero-order chi connectivity index (χ0) is 11.8. The third-order valence-corrected chi connectivity index (χ3v) is 2.64. The molecule has 0 saturated carbocycles. The molecule has 0 radical (unpaired) electrons. The van der Waals surface area contributed by atoms with E-state index in [1.807, 2.05) is 24.9 Å². The molecule has 0 spiro atoms. The van der Waals surface area contributed by atoms with Crippen molar-refractivity contribution in [2.45, 2.75) is 6.92 Å². The number of amides is 2. The van der Waals surface area contributed by atoms with Crippen LogP contribution in [0.15, 0.2) is 12.3 Å². The third-order valence-electron chi connectivity index (χ3n) is 1.93. The Morgan fingerprint density at radius 2 is 2.50 bits per heavy atom. The molecule has 0 aliphatic carbocycles. The Balaban J connectivity index is 2.09. The summed E-state index contributed by atoms with van der Waals surface area (Å²) in [6, 6.07) is 1.76. The smallest absolute Gasteiger partial charge is 0.324 e. The summed E-state index contributed by atoms with van der Waals surface area (Å²) in [7, 11) is 1.97. The summed E-state index contributed by atoms with van der Waals surface area (Å²) in [5.74, 6) is 1.78. The van der Waals surface area contributed by atoms with Gasteiger partial charge in [0.25, 0.3) is 0 Å². The van der Waals surface area contributed by atoms with E-state index in [1.165, 1.54) is 11.9 Å². The van der Waals surface area contributed by atoms with Crippen LogP contribution in [0.25, 0.3) is 0 Å². The number of nitrogens with one attached hydrogen (secondary N) is 3. The quantitative estimate of drug-likeness (QED) is 0.511. The first-order valence-corrected chi connectivity index (χ1v) is 6.08. The molecular weight excluding hydrogens is 226 g/mol. The molecule has 0 aliphatic rings. The zero-order valence-corrected chi connectivity index (χ0v) is 10.3. The van der Waals surface area contributed by atoms with E-state index in [0.29, 0.717) is 6.54 Å². The van der Waals surface area contributed by atoms with Gasteiger partial charge in [0, 0.05) is 32.0 Å². The topological polar surface area (TPSA) is 73.1 Å². The summed E-state index contributed by atoms with van der Waals surface area (Å²) in [6.45, 7) is 3.36. The number of anilines is 1. The lowest BCUT2D eigenvalue weighted by atomic mass is 10.5. The highest BCUT2D eigenvalue weighted by molar-refractivity contribution is 7.97. The lowest BCUT2D eigenvalue weighted by Crippen LogP contribution is -2.32. The van der Waals surface area contributed by atoms with E-state index in [0.717, 1.165) is 18.1 Å². The molecule has 7 heteroatoms. The number of hydrogen-bond donors (Lipinski definition) is 3. The minimum Gasteiger partial charge on any atom is -0.359 e. The Labute approximate surface area is 99.3 Å². The highest BCUT2D eigenvalue weighted by Crippen LogP contribution is 2.06. The maximum Gasteiger partial charge on any atom is 0.324 e. The zero-order valence-electron chi connectivity index (χ0n) is 9.49. The van der Waals surface area contributed by atoms with E-state index in [-0.39, 0.29) is 6.03 Å². The Morgan fingerprint density at radius 3 is 3.12 bits per heavy atom. The number of nitrogens with zero attached hydrogens (tertiary/aromatic N) is 2. The Hall–Kier alpha value is -1.37. The van der Waals surface area contributed by atoms with Gasteiger partial charge in [0.2, 0.25) is 0 Å². The van der Waals surface area contributed by atoms with E-state index in [4.69, 9.17) is 0 Å². The predicted octanol–water partition coefficient (Wildman–Crippen LogP) is 0.813. The molecule has 1 heterocycles. The molecule has 1 aromatic heterocycles. The number of aromatic amines is 1. The van der Waals surface area contributed by atoms with Gasteiger partial charge < -0.3 is 10.2 Å². The molecule has 0 atom stereocenters. The van der Waals surface area contributed by atoms with Crippen LogP contribution >= 0.6 is 11.9 Å². The molecule has 3 N–H and O–H groups in total. The van der Waals surface area contributed by atoms with Gasteiger partial charge in [-0.1, -0.05) is 0 Å². The molecule has 1 rings (SSSR count). The van der Waals surface area contributed by atoms with Crippen LogP contribution in [-0.4, -0.2) is 42.1 Å². The van der Waals surface area contributed by atoms with Gasteiger partial charge in [-0.25, -0.2) is 4.79 Å². The fraction of sp³-hybridized carbons (Fsp3) is 0.556. The molecule has 0 aromatic carbocycles. The lowest BCUT2D eigenvalue weighted by molar-refractivity contribution is 0.247. The van der Waals surface area contributed by atoms with Gasteiger partial charge >= 0.3 is 6.03 Å². The van der Waals surface area contributed by atoms with Crippen molar-refractivity contribution >= 4 is 23.8 Å². The van der Waals surface area contributed by atoms with E-state index >= 15 is 0 Å². The van der Waals surface area contributed by atoms with Gasteiger partial charge in [0.1, 0.15) is 5.82 Å². The molecule has 6 nitrogen and oxygen atoms in total. The average molecular weight is 243 g/mol. The molecular formula is C9H17N5OS. The highest BCUT2D eigenvalue weighted by atomic mass is 32.2. The van der Waals surface area contributed by atoms with Crippen LogP contribution in [0.5, 0.6) is 0 Å². The second kappa shape index (κ2) is 7.00. The number of carbonyl (C=O) groups is 1. The Morgan fingerprint density at radius 1 is 1.69 bits per heavy atom. The fourth-order valence-corrected chi connectivity index (χ4v) is 1.75. The molecule has 0 bridgehead atoms. The summed E-state index contributed by atoms with van der Waals surface area (Å²) < 4.78 is 2.70. The number of carbonyl (C=O) groups excluding carboxylic acids is 1. The Kier molecular flexibility index (Phi) is 5.55. The van der Waals surface area contributed by atoms with Crippen molar-refractivity contribution in [1.82, 2.24) is 20.2 Å². The second-order valence-electron chi connectivity index (χ2n) is 3.17. The van der Waals surface area contributed by atoms with Gasteiger partial charge in [-0.15, -0.1) is 0 Å². The molecule has 90 valence electrons. The van der Waals surface area contributed by atoms with Crippen molar-refractivity contribution in [1.29, 1.82) is 0 Å². The van der Waals surface area contributed by atoms with Gasteiger partial charge in [0.15, 0.2) is 0 Å². The number of rotatable bonds is 6. The average Bonchev–Trinajstić information content (AvgIpc) is 2.78. The van der Waals surface area contributed by atoms with Gasteiger partial charge in [-0.2, -0.15) is 5.10 Å². The molecule has 16 heavy (non-hydrogen) atoms. The Bertz CT molecular complexity index is 303. The van der Waals surface area contributed by atoms with Crippen molar-refractivity contribution < 1.29 is 4.79 Å². The van der Waals surface area contributed by atoms with E-state index < -0.39 is 0 Å². The minimum atomic E-state index is -0.142. The van der Waals surface area contributed by atoms with Crippen molar-refractivity contribution in [2.24, 2.45) is 0 Å². The van der Waals surface area contributed by atoms with Gasteiger partial charge in [-0.3, -0.25) is 9.82 Å². The predicted molar refractivity (Wildman–Crippen MR) is 66.5 cm³/mol. The highest BCUT2D eigenvalue weighted by Gasteiger charge is 2.02. The van der Waals surface area contributed by atoms with Gasteiger partial charge in [-0.05, 0) is 18.9 Å². The van der Waals surface area contributed by atoms with Crippen LogP contribution in [0, 0.1) is 0 Å². The first kappa shape index (κ1) is 12.7. The van der Waals surface area contributed by atoms with E-state index in [9.17, 15) is 4.79 Å². The van der Waals surface area contributed by atoms with E-state index in [2.05, 4.69) is 20.2 Å². The first-order chi connectivity index (χ1) is 7.74. The summed E-state index contributed by atoms with van der Waals surface area (Å²) >= 11 is 1.39. The molecule has 1 aromatic rings. The van der Waals surface area contributed by atoms with Crippen LogP contribution in [0.3, 0.4) is 0 Å². The fourth-order valence-electron chi connectivity index (χ4n) is 1.08. The number of hydrogen-bond acceptors (Lipinski definition) is 4. The first-order valence-electron chi connectivity index (χ1n) is 5.10. The normalized spacial score (nSPS) is 9.88. The van der Waals surface area contributed by atoms with Crippen LogP contribution < -0.4 is 14.9 Å². The van der Waals surface area contributed by atoms with E-state index in [1.54, 1.807) is 6.20 Å². The molecule has 0 fully saturated rings. The molecule has 0 aliphatic heterocycles. The SMILES string of the molecule is CCNC(=O)NSCCN(C)c1ccn[nH]1. The standard InChI is InChI=1S/C9H17N5OS/c1-3-10-9(15)13-16-7-6-14(2)8-4-5-11-12-8/h4-5H,3,6-7H2,1-2H3,(H,11,12)(H2,10,13,15). The maximum atomic E-state index is 11.0. The summed E-state index contributed by atoms with van der Waals surface area (Å²) in [5.41, 5.74) is 0. The summed E-state index contributed by atoms with van der Waals surface area (Å²) in [4.78, 5) is 13.1. The summed E-state index contributed by atoms with van der Waals surface area (Å²) in [6.07, 6.45) is 1.71.